The summed E-state index contributed by atoms with van der Waals surface area (Å²) in [7, 11) is 1.95. The first-order valence-electron chi connectivity index (χ1n) is 5.95. The predicted octanol–water partition coefficient (Wildman–Crippen LogP) is 3.13. The maximum Gasteiger partial charge on any atom is 0.116 e. The minimum Gasteiger partial charge on any atom is -0.397 e. The number of nitrogen functional groups attached to an aromatic ring is 1. The molecule has 3 aromatic rings. The topological polar surface area (TPSA) is 43.8 Å². The van der Waals surface area contributed by atoms with Crippen molar-refractivity contribution in [1.82, 2.24) is 9.78 Å². The van der Waals surface area contributed by atoms with E-state index >= 15 is 0 Å². The molecule has 0 saturated carbocycles. The molecule has 0 aliphatic heterocycles. The Labute approximate surface area is 106 Å². The van der Waals surface area contributed by atoms with Crippen LogP contribution < -0.4 is 5.73 Å². The Morgan fingerprint density at radius 2 is 1.78 bits per heavy atom. The lowest BCUT2D eigenvalue weighted by Crippen LogP contribution is -1.93. The zero-order valence-corrected chi connectivity index (χ0v) is 10.5. The molecule has 0 saturated heterocycles. The highest BCUT2D eigenvalue weighted by Crippen LogP contribution is 2.30. The van der Waals surface area contributed by atoms with Crippen molar-refractivity contribution in [2.45, 2.75) is 6.92 Å². The molecule has 0 unspecified atom stereocenters. The highest BCUT2D eigenvalue weighted by Gasteiger charge is 2.12. The molecule has 0 atom stereocenters. The van der Waals surface area contributed by atoms with Crippen molar-refractivity contribution in [2.75, 3.05) is 5.73 Å². The second-order valence-corrected chi connectivity index (χ2v) is 4.58. The lowest BCUT2D eigenvalue weighted by molar-refractivity contribution is 0.788. The Kier molecular flexibility index (Phi) is 2.33. The molecule has 18 heavy (non-hydrogen) atoms. The van der Waals surface area contributed by atoms with Gasteiger partial charge in [-0.3, -0.25) is 4.68 Å². The van der Waals surface area contributed by atoms with Crippen LogP contribution in [0.25, 0.3) is 22.2 Å². The molecular formula is C15H15N3. The molecule has 2 aromatic carbocycles. The summed E-state index contributed by atoms with van der Waals surface area (Å²) in [5, 5.41) is 5.60. The van der Waals surface area contributed by atoms with Crippen LogP contribution in [0, 0.1) is 6.92 Å². The fourth-order valence-electron chi connectivity index (χ4n) is 2.29. The number of aryl methyl sites for hydroxylation is 2. The van der Waals surface area contributed by atoms with E-state index in [4.69, 9.17) is 5.73 Å². The number of rotatable bonds is 1. The number of fused-ring (bicyclic) bond motifs is 1. The Balaban J connectivity index is 2.32. The first kappa shape index (κ1) is 10.8. The van der Waals surface area contributed by atoms with E-state index in [-0.39, 0.29) is 0 Å². The number of anilines is 1. The summed E-state index contributed by atoms with van der Waals surface area (Å²) in [4.78, 5) is 0. The fraction of sp³-hybridized carbons (Fsp3) is 0.133. The maximum absolute atomic E-state index is 5.96. The van der Waals surface area contributed by atoms with Crippen LogP contribution in [0.2, 0.25) is 0 Å². The zero-order valence-electron chi connectivity index (χ0n) is 10.5. The van der Waals surface area contributed by atoms with Gasteiger partial charge >= 0.3 is 0 Å². The van der Waals surface area contributed by atoms with E-state index in [0.717, 1.165) is 27.8 Å². The van der Waals surface area contributed by atoms with Gasteiger partial charge in [0, 0.05) is 18.0 Å². The van der Waals surface area contributed by atoms with Crippen LogP contribution in [0.1, 0.15) is 5.56 Å². The lowest BCUT2D eigenvalue weighted by Gasteiger charge is -2.03. The zero-order chi connectivity index (χ0) is 12.7. The van der Waals surface area contributed by atoms with Crippen LogP contribution in [0.4, 0.5) is 5.69 Å². The molecule has 0 radical (unpaired) electrons. The van der Waals surface area contributed by atoms with E-state index in [1.807, 2.05) is 23.9 Å². The summed E-state index contributed by atoms with van der Waals surface area (Å²) in [6, 6.07) is 14.4. The normalized spacial score (nSPS) is 11.0. The van der Waals surface area contributed by atoms with Gasteiger partial charge in [0.05, 0.1) is 11.4 Å². The van der Waals surface area contributed by atoms with Gasteiger partial charge in [-0.1, -0.05) is 42.0 Å². The first-order chi connectivity index (χ1) is 8.66. The maximum atomic E-state index is 5.96. The van der Waals surface area contributed by atoms with Gasteiger partial charge in [-0.15, -0.1) is 0 Å². The lowest BCUT2D eigenvalue weighted by atomic mass is 10.1. The Morgan fingerprint density at radius 3 is 2.50 bits per heavy atom. The monoisotopic (exact) mass is 237 g/mol. The van der Waals surface area contributed by atoms with Crippen molar-refractivity contribution in [2.24, 2.45) is 7.05 Å². The van der Waals surface area contributed by atoms with E-state index in [1.54, 1.807) is 0 Å². The van der Waals surface area contributed by atoms with Crippen LogP contribution in [-0.4, -0.2) is 9.78 Å². The minimum atomic E-state index is 0.724. The van der Waals surface area contributed by atoms with Gasteiger partial charge in [-0.05, 0) is 13.0 Å². The van der Waals surface area contributed by atoms with Crippen molar-refractivity contribution < 1.29 is 0 Å². The fourth-order valence-corrected chi connectivity index (χ4v) is 2.29. The number of benzene rings is 2. The Hall–Kier alpha value is -2.29. The van der Waals surface area contributed by atoms with Gasteiger partial charge in [0.2, 0.25) is 0 Å². The van der Waals surface area contributed by atoms with E-state index in [9.17, 15) is 0 Å². The van der Waals surface area contributed by atoms with Crippen molar-refractivity contribution >= 4 is 16.6 Å². The highest BCUT2D eigenvalue weighted by molar-refractivity contribution is 5.99. The van der Waals surface area contributed by atoms with E-state index in [1.165, 1.54) is 5.56 Å². The minimum absolute atomic E-state index is 0.724. The quantitative estimate of drug-likeness (QED) is 0.661. The molecular weight excluding hydrogens is 222 g/mol. The Bertz CT molecular complexity index is 708. The summed E-state index contributed by atoms with van der Waals surface area (Å²) in [6.45, 7) is 2.09. The SMILES string of the molecule is Cc1ccc(-c2c3cccc(N)c3nn2C)cc1. The van der Waals surface area contributed by atoms with Crippen LogP contribution in [0.5, 0.6) is 0 Å². The third kappa shape index (κ3) is 1.56. The molecule has 2 N–H and O–H groups in total. The van der Waals surface area contributed by atoms with Gasteiger partial charge in [0.15, 0.2) is 0 Å². The molecule has 0 fully saturated rings. The van der Waals surface area contributed by atoms with Crippen molar-refractivity contribution in [1.29, 1.82) is 0 Å². The van der Waals surface area contributed by atoms with E-state index in [2.05, 4.69) is 42.4 Å². The third-order valence-corrected chi connectivity index (χ3v) is 3.22. The summed E-state index contributed by atoms with van der Waals surface area (Å²) in [5.74, 6) is 0. The molecule has 90 valence electrons. The molecule has 0 spiro atoms. The molecule has 0 aliphatic carbocycles. The second-order valence-electron chi connectivity index (χ2n) is 4.58. The van der Waals surface area contributed by atoms with Gasteiger partial charge in [-0.25, -0.2) is 0 Å². The predicted molar refractivity (Wildman–Crippen MR) is 75.3 cm³/mol. The van der Waals surface area contributed by atoms with Crippen molar-refractivity contribution in [3.8, 4) is 11.3 Å². The van der Waals surface area contributed by atoms with E-state index in [0.29, 0.717) is 0 Å². The number of nitrogens with zero attached hydrogens (tertiary/aromatic N) is 2. The number of hydrogen-bond acceptors (Lipinski definition) is 2. The number of hydrogen-bond donors (Lipinski definition) is 1. The first-order valence-corrected chi connectivity index (χ1v) is 5.95. The van der Waals surface area contributed by atoms with Crippen LogP contribution in [0.15, 0.2) is 42.5 Å². The third-order valence-electron chi connectivity index (χ3n) is 3.22. The van der Waals surface area contributed by atoms with Crippen LogP contribution >= 0.6 is 0 Å². The van der Waals surface area contributed by atoms with Crippen molar-refractivity contribution in [3.63, 3.8) is 0 Å². The average molecular weight is 237 g/mol. The molecule has 3 heteroatoms. The highest BCUT2D eigenvalue weighted by atomic mass is 15.3. The molecule has 3 rings (SSSR count). The summed E-state index contributed by atoms with van der Waals surface area (Å²) >= 11 is 0. The van der Waals surface area contributed by atoms with Gasteiger partial charge in [-0.2, -0.15) is 5.10 Å². The van der Waals surface area contributed by atoms with Gasteiger partial charge in [0.25, 0.3) is 0 Å². The Morgan fingerprint density at radius 1 is 1.06 bits per heavy atom. The van der Waals surface area contributed by atoms with Gasteiger partial charge < -0.3 is 5.73 Å². The molecule has 0 amide bonds. The summed E-state index contributed by atoms with van der Waals surface area (Å²) in [6.07, 6.45) is 0. The largest absolute Gasteiger partial charge is 0.397 e. The molecule has 1 aromatic heterocycles. The standard InChI is InChI=1S/C15H15N3/c1-10-6-8-11(9-7-10)15-12-4-3-5-13(16)14(12)17-18(15)2/h3-9H,16H2,1-2H3. The number of nitrogens with two attached hydrogens (primary N) is 1. The van der Waals surface area contributed by atoms with Crippen molar-refractivity contribution in [3.05, 3.63) is 48.0 Å². The number of aromatic nitrogens is 2. The smallest absolute Gasteiger partial charge is 0.116 e. The molecule has 3 nitrogen and oxygen atoms in total. The average Bonchev–Trinajstić information content (AvgIpc) is 2.69. The summed E-state index contributed by atoms with van der Waals surface area (Å²) < 4.78 is 1.89. The van der Waals surface area contributed by atoms with Crippen LogP contribution in [-0.2, 0) is 7.05 Å². The molecule has 0 bridgehead atoms. The van der Waals surface area contributed by atoms with Crippen LogP contribution in [0.3, 0.4) is 0 Å². The second kappa shape index (κ2) is 3.88. The van der Waals surface area contributed by atoms with Gasteiger partial charge in [0.1, 0.15) is 5.52 Å². The van der Waals surface area contributed by atoms with E-state index < -0.39 is 0 Å². The molecule has 1 heterocycles. The molecule has 0 aliphatic rings. The summed E-state index contributed by atoms with van der Waals surface area (Å²) in [5.41, 5.74) is 11.1.